The van der Waals surface area contributed by atoms with Crippen molar-refractivity contribution in [3.8, 4) is 11.4 Å². The van der Waals surface area contributed by atoms with Gasteiger partial charge in [0.25, 0.3) is 11.5 Å². The van der Waals surface area contributed by atoms with Crippen molar-refractivity contribution in [2.24, 2.45) is 0 Å². The standard InChI is InChI=1S/C19H23N3O3/c1-13-8-7-9-14(2)21(13)19(24)18-16(25-3)12-17(23)22(20-18)15-10-5-4-6-11-15/h4-6,10-14H,7-9H2,1-3H3/t13-,14-/m0/s1. The summed E-state index contributed by atoms with van der Waals surface area (Å²) in [5.41, 5.74) is 0.454. The van der Waals surface area contributed by atoms with Crippen LogP contribution in [0.4, 0.5) is 0 Å². The monoisotopic (exact) mass is 341 g/mol. The number of amides is 1. The molecule has 0 spiro atoms. The van der Waals surface area contributed by atoms with Crippen molar-refractivity contribution in [2.45, 2.75) is 45.2 Å². The van der Waals surface area contributed by atoms with E-state index in [1.165, 1.54) is 17.9 Å². The summed E-state index contributed by atoms with van der Waals surface area (Å²) in [6.45, 7) is 4.10. The minimum Gasteiger partial charge on any atom is -0.494 e. The first-order valence-electron chi connectivity index (χ1n) is 8.59. The average molecular weight is 341 g/mol. The molecule has 1 aromatic carbocycles. The molecule has 0 N–H and O–H groups in total. The molecule has 132 valence electrons. The molecule has 0 aliphatic carbocycles. The van der Waals surface area contributed by atoms with E-state index in [0.29, 0.717) is 5.69 Å². The molecule has 1 saturated heterocycles. The van der Waals surface area contributed by atoms with Gasteiger partial charge in [-0.05, 0) is 45.2 Å². The summed E-state index contributed by atoms with van der Waals surface area (Å²) >= 11 is 0. The highest BCUT2D eigenvalue weighted by Crippen LogP contribution is 2.26. The Morgan fingerprint density at radius 3 is 2.40 bits per heavy atom. The molecule has 0 bridgehead atoms. The summed E-state index contributed by atoms with van der Waals surface area (Å²) in [5, 5.41) is 4.35. The van der Waals surface area contributed by atoms with E-state index in [0.717, 1.165) is 19.3 Å². The number of carbonyl (C=O) groups is 1. The summed E-state index contributed by atoms with van der Waals surface area (Å²) in [7, 11) is 1.45. The molecule has 0 radical (unpaired) electrons. The Balaban J connectivity index is 2.08. The van der Waals surface area contributed by atoms with Gasteiger partial charge in [0.15, 0.2) is 11.4 Å². The summed E-state index contributed by atoms with van der Waals surface area (Å²) in [6.07, 6.45) is 3.05. The maximum absolute atomic E-state index is 13.2. The van der Waals surface area contributed by atoms with Crippen LogP contribution < -0.4 is 10.3 Å². The van der Waals surface area contributed by atoms with Crippen molar-refractivity contribution < 1.29 is 9.53 Å². The van der Waals surface area contributed by atoms with Gasteiger partial charge in [0.05, 0.1) is 18.9 Å². The molecule has 2 atom stereocenters. The van der Waals surface area contributed by atoms with Crippen molar-refractivity contribution in [3.05, 3.63) is 52.4 Å². The first-order valence-corrected chi connectivity index (χ1v) is 8.59. The smallest absolute Gasteiger partial charge is 0.278 e. The van der Waals surface area contributed by atoms with E-state index in [1.54, 1.807) is 12.1 Å². The van der Waals surface area contributed by atoms with E-state index < -0.39 is 0 Å². The summed E-state index contributed by atoms with van der Waals surface area (Å²) in [6, 6.07) is 10.7. The lowest BCUT2D eigenvalue weighted by molar-refractivity contribution is 0.0499. The van der Waals surface area contributed by atoms with Gasteiger partial charge in [-0.15, -0.1) is 0 Å². The van der Waals surface area contributed by atoms with Crippen LogP contribution in [0.5, 0.6) is 5.75 Å². The minimum atomic E-state index is -0.334. The molecule has 1 aliphatic rings. The Kier molecular flexibility index (Phi) is 4.88. The lowest BCUT2D eigenvalue weighted by Gasteiger charge is -2.38. The highest BCUT2D eigenvalue weighted by Gasteiger charge is 2.32. The van der Waals surface area contributed by atoms with Gasteiger partial charge >= 0.3 is 0 Å². The number of ether oxygens (including phenoxy) is 1. The number of hydrogen-bond acceptors (Lipinski definition) is 4. The molecule has 1 aromatic heterocycles. The molecule has 1 amide bonds. The second kappa shape index (κ2) is 7.09. The van der Waals surface area contributed by atoms with Gasteiger partial charge in [-0.1, -0.05) is 18.2 Å². The van der Waals surface area contributed by atoms with E-state index >= 15 is 0 Å². The third-order valence-corrected chi connectivity index (χ3v) is 4.75. The summed E-state index contributed by atoms with van der Waals surface area (Å²) in [4.78, 5) is 27.4. The number of likely N-dealkylation sites (tertiary alicyclic amines) is 1. The lowest BCUT2D eigenvalue weighted by atomic mass is 9.97. The van der Waals surface area contributed by atoms with E-state index in [1.807, 2.05) is 36.9 Å². The van der Waals surface area contributed by atoms with Gasteiger partial charge in [-0.25, -0.2) is 0 Å². The van der Waals surface area contributed by atoms with E-state index in [2.05, 4.69) is 5.10 Å². The van der Waals surface area contributed by atoms with Gasteiger partial charge < -0.3 is 9.64 Å². The first-order chi connectivity index (χ1) is 12.0. The van der Waals surface area contributed by atoms with E-state index in [9.17, 15) is 9.59 Å². The van der Waals surface area contributed by atoms with Crippen LogP contribution in [-0.2, 0) is 0 Å². The van der Waals surface area contributed by atoms with Crippen molar-refractivity contribution in [3.63, 3.8) is 0 Å². The average Bonchev–Trinajstić information content (AvgIpc) is 2.61. The number of methoxy groups -OCH3 is 1. The molecule has 2 aromatic rings. The van der Waals surface area contributed by atoms with Crippen molar-refractivity contribution >= 4 is 5.91 Å². The van der Waals surface area contributed by atoms with Gasteiger partial charge in [0.2, 0.25) is 0 Å². The molecular formula is C19H23N3O3. The van der Waals surface area contributed by atoms with E-state index in [4.69, 9.17) is 4.74 Å². The molecular weight excluding hydrogens is 318 g/mol. The van der Waals surface area contributed by atoms with Crippen molar-refractivity contribution in [1.82, 2.24) is 14.7 Å². The molecule has 1 fully saturated rings. The van der Waals surface area contributed by atoms with E-state index in [-0.39, 0.29) is 35.0 Å². The Morgan fingerprint density at radius 2 is 1.80 bits per heavy atom. The molecule has 2 heterocycles. The summed E-state index contributed by atoms with van der Waals surface area (Å²) in [5.74, 6) is 0.0217. The fraction of sp³-hybridized carbons (Fsp3) is 0.421. The van der Waals surface area contributed by atoms with Crippen LogP contribution in [0.25, 0.3) is 5.69 Å². The van der Waals surface area contributed by atoms with Crippen LogP contribution in [-0.4, -0.2) is 39.8 Å². The zero-order valence-electron chi connectivity index (χ0n) is 14.8. The molecule has 6 heteroatoms. The van der Waals surface area contributed by atoms with Crippen LogP contribution in [0.1, 0.15) is 43.6 Å². The van der Waals surface area contributed by atoms with Crippen molar-refractivity contribution in [1.29, 1.82) is 0 Å². The Labute approximate surface area is 147 Å². The molecule has 1 aliphatic heterocycles. The SMILES string of the molecule is COc1cc(=O)n(-c2ccccc2)nc1C(=O)N1[C@@H](C)CCC[C@@H]1C. The lowest BCUT2D eigenvalue weighted by Crippen LogP contribution is -2.48. The number of hydrogen-bond donors (Lipinski definition) is 0. The normalized spacial score (nSPS) is 20.4. The third kappa shape index (κ3) is 3.29. The predicted octanol–water partition coefficient (Wildman–Crippen LogP) is 2.64. The minimum absolute atomic E-state index is 0.139. The Hall–Kier alpha value is -2.63. The second-order valence-corrected chi connectivity index (χ2v) is 6.49. The Bertz CT molecular complexity index is 806. The Morgan fingerprint density at radius 1 is 1.16 bits per heavy atom. The van der Waals surface area contributed by atoms with Crippen LogP contribution in [0.2, 0.25) is 0 Å². The first kappa shape index (κ1) is 17.2. The fourth-order valence-electron chi connectivity index (χ4n) is 3.44. The highest BCUT2D eigenvalue weighted by atomic mass is 16.5. The van der Waals surface area contributed by atoms with Crippen LogP contribution in [0.3, 0.4) is 0 Å². The molecule has 25 heavy (non-hydrogen) atoms. The number of aromatic nitrogens is 2. The maximum atomic E-state index is 13.2. The fourth-order valence-corrected chi connectivity index (χ4v) is 3.44. The topological polar surface area (TPSA) is 64.4 Å². The predicted molar refractivity (Wildman–Crippen MR) is 95.3 cm³/mol. The van der Waals surface area contributed by atoms with Gasteiger partial charge in [0.1, 0.15) is 0 Å². The number of carbonyl (C=O) groups excluding carboxylic acids is 1. The molecule has 3 rings (SSSR count). The number of benzene rings is 1. The molecule has 6 nitrogen and oxygen atoms in total. The maximum Gasteiger partial charge on any atom is 0.278 e. The van der Waals surface area contributed by atoms with Crippen LogP contribution in [0.15, 0.2) is 41.2 Å². The van der Waals surface area contributed by atoms with Crippen LogP contribution in [0, 0.1) is 0 Å². The largest absolute Gasteiger partial charge is 0.494 e. The summed E-state index contributed by atoms with van der Waals surface area (Å²) < 4.78 is 6.52. The zero-order valence-corrected chi connectivity index (χ0v) is 14.8. The quantitative estimate of drug-likeness (QED) is 0.861. The van der Waals surface area contributed by atoms with Crippen LogP contribution >= 0.6 is 0 Å². The number of nitrogens with zero attached hydrogens (tertiary/aromatic N) is 3. The second-order valence-electron chi connectivity index (χ2n) is 6.49. The third-order valence-electron chi connectivity index (χ3n) is 4.75. The number of para-hydroxylation sites is 1. The number of piperidine rings is 1. The molecule has 0 saturated carbocycles. The van der Waals surface area contributed by atoms with Crippen molar-refractivity contribution in [2.75, 3.05) is 7.11 Å². The van der Waals surface area contributed by atoms with Gasteiger partial charge in [-0.3, -0.25) is 9.59 Å². The zero-order chi connectivity index (χ0) is 18.0. The molecule has 0 unspecified atom stereocenters. The van der Waals surface area contributed by atoms with Gasteiger partial charge in [0, 0.05) is 12.1 Å². The number of rotatable bonds is 3. The van der Waals surface area contributed by atoms with Gasteiger partial charge in [-0.2, -0.15) is 9.78 Å². The highest BCUT2D eigenvalue weighted by molar-refractivity contribution is 5.95.